The van der Waals surface area contributed by atoms with Gasteiger partial charge >= 0.3 is 6.09 Å². The molecule has 126 valence electrons. The Morgan fingerprint density at radius 1 is 1.17 bits per heavy atom. The van der Waals surface area contributed by atoms with E-state index >= 15 is 0 Å². The summed E-state index contributed by atoms with van der Waals surface area (Å²) in [5.74, 6) is 0. The van der Waals surface area contributed by atoms with Crippen LogP contribution < -0.4 is 5.32 Å². The summed E-state index contributed by atoms with van der Waals surface area (Å²) in [6.45, 7) is 2.62. The van der Waals surface area contributed by atoms with Gasteiger partial charge in [0.2, 0.25) is 0 Å². The molecule has 3 rings (SSSR count). The van der Waals surface area contributed by atoms with Gasteiger partial charge in [-0.1, -0.05) is 42.5 Å². The Morgan fingerprint density at radius 2 is 1.96 bits per heavy atom. The second kappa shape index (κ2) is 7.95. The van der Waals surface area contributed by atoms with Crippen molar-refractivity contribution in [3.05, 3.63) is 65.7 Å². The molecular weight excluding hydrogens is 304 g/mol. The van der Waals surface area contributed by atoms with Crippen LogP contribution in [0.15, 0.2) is 54.6 Å². The molecule has 1 unspecified atom stereocenters. The van der Waals surface area contributed by atoms with Crippen LogP contribution in [0.3, 0.4) is 0 Å². The number of amides is 1. The van der Waals surface area contributed by atoms with Gasteiger partial charge in [0.1, 0.15) is 6.61 Å². The second-order valence-corrected chi connectivity index (χ2v) is 6.06. The minimum atomic E-state index is -0.465. The lowest BCUT2D eigenvalue weighted by Crippen LogP contribution is -2.21. The average molecular weight is 326 g/mol. The SMILES string of the molecule is O=C(Nc1cccc(CN2CCC(O)C2)c1)OCc1ccccc1. The molecule has 1 fully saturated rings. The number of carbonyl (C=O) groups excluding carboxylic acids is 1. The van der Waals surface area contributed by atoms with Gasteiger partial charge in [-0.25, -0.2) is 4.79 Å². The van der Waals surface area contributed by atoms with Crippen molar-refractivity contribution in [2.24, 2.45) is 0 Å². The lowest BCUT2D eigenvalue weighted by molar-refractivity contribution is 0.155. The number of hydrogen-bond donors (Lipinski definition) is 2. The topological polar surface area (TPSA) is 61.8 Å². The van der Waals surface area contributed by atoms with Crippen LogP contribution in [0, 0.1) is 0 Å². The summed E-state index contributed by atoms with van der Waals surface area (Å²) in [5, 5.41) is 12.3. The smallest absolute Gasteiger partial charge is 0.411 e. The molecule has 0 aromatic heterocycles. The van der Waals surface area contributed by atoms with Crippen LogP contribution in [-0.2, 0) is 17.9 Å². The van der Waals surface area contributed by atoms with E-state index in [1.54, 1.807) is 0 Å². The lowest BCUT2D eigenvalue weighted by Gasteiger charge is -2.15. The number of aliphatic hydroxyl groups excluding tert-OH is 1. The standard InChI is InChI=1S/C19H22N2O3/c22-18-9-10-21(13-18)12-16-7-4-8-17(11-16)20-19(23)24-14-15-5-2-1-3-6-15/h1-8,11,18,22H,9-10,12-14H2,(H,20,23). The normalized spacial score (nSPS) is 17.6. The maximum atomic E-state index is 11.9. The zero-order chi connectivity index (χ0) is 16.8. The molecule has 0 aliphatic carbocycles. The van der Waals surface area contributed by atoms with E-state index in [4.69, 9.17) is 4.74 Å². The molecule has 2 aromatic carbocycles. The molecule has 1 amide bonds. The molecule has 1 saturated heterocycles. The molecule has 24 heavy (non-hydrogen) atoms. The number of benzene rings is 2. The molecule has 5 heteroatoms. The minimum Gasteiger partial charge on any atom is -0.444 e. The Bertz CT molecular complexity index is 675. The van der Waals surface area contributed by atoms with Gasteiger partial charge in [0.25, 0.3) is 0 Å². The molecule has 0 bridgehead atoms. The van der Waals surface area contributed by atoms with Gasteiger partial charge in [0, 0.05) is 25.3 Å². The predicted molar refractivity (Wildman–Crippen MR) is 92.6 cm³/mol. The lowest BCUT2D eigenvalue weighted by atomic mass is 10.2. The summed E-state index contributed by atoms with van der Waals surface area (Å²) in [5.41, 5.74) is 2.77. The third kappa shape index (κ3) is 4.81. The number of nitrogens with one attached hydrogen (secondary N) is 1. The zero-order valence-corrected chi connectivity index (χ0v) is 13.5. The van der Waals surface area contributed by atoms with Gasteiger partial charge in [-0.15, -0.1) is 0 Å². The van der Waals surface area contributed by atoms with E-state index in [-0.39, 0.29) is 12.7 Å². The van der Waals surface area contributed by atoms with Gasteiger partial charge in [-0.05, 0) is 29.7 Å². The first kappa shape index (κ1) is 16.5. The molecular formula is C19H22N2O3. The summed E-state index contributed by atoms with van der Waals surface area (Å²) in [7, 11) is 0. The fourth-order valence-electron chi connectivity index (χ4n) is 2.84. The highest BCUT2D eigenvalue weighted by atomic mass is 16.5. The number of anilines is 1. The van der Waals surface area contributed by atoms with Crippen molar-refractivity contribution >= 4 is 11.8 Å². The first-order valence-electron chi connectivity index (χ1n) is 8.16. The van der Waals surface area contributed by atoms with Crippen LogP contribution in [0.1, 0.15) is 17.5 Å². The highest BCUT2D eigenvalue weighted by molar-refractivity contribution is 5.84. The van der Waals surface area contributed by atoms with Crippen molar-refractivity contribution in [2.75, 3.05) is 18.4 Å². The quantitative estimate of drug-likeness (QED) is 0.887. The maximum Gasteiger partial charge on any atom is 0.411 e. The van der Waals surface area contributed by atoms with E-state index in [1.807, 2.05) is 54.6 Å². The zero-order valence-electron chi connectivity index (χ0n) is 13.5. The van der Waals surface area contributed by atoms with E-state index < -0.39 is 6.09 Å². The summed E-state index contributed by atoms with van der Waals surface area (Å²) in [6, 6.07) is 17.3. The highest BCUT2D eigenvalue weighted by Gasteiger charge is 2.19. The van der Waals surface area contributed by atoms with Crippen molar-refractivity contribution in [1.82, 2.24) is 4.90 Å². The fraction of sp³-hybridized carbons (Fsp3) is 0.316. The predicted octanol–water partition coefficient (Wildman–Crippen LogP) is 3.00. The Kier molecular flexibility index (Phi) is 5.46. The monoisotopic (exact) mass is 326 g/mol. The minimum absolute atomic E-state index is 0.223. The molecule has 1 heterocycles. The highest BCUT2D eigenvalue weighted by Crippen LogP contribution is 2.17. The van der Waals surface area contributed by atoms with Gasteiger partial charge in [-0.2, -0.15) is 0 Å². The van der Waals surface area contributed by atoms with Gasteiger partial charge in [0.05, 0.1) is 6.10 Å². The first-order valence-corrected chi connectivity index (χ1v) is 8.16. The number of hydrogen-bond acceptors (Lipinski definition) is 4. The summed E-state index contributed by atoms with van der Waals surface area (Å²) < 4.78 is 5.23. The molecule has 0 spiro atoms. The number of carbonyl (C=O) groups is 1. The van der Waals surface area contributed by atoms with Gasteiger partial charge < -0.3 is 9.84 Å². The van der Waals surface area contributed by atoms with E-state index in [0.717, 1.165) is 30.6 Å². The van der Waals surface area contributed by atoms with E-state index in [2.05, 4.69) is 10.2 Å². The molecule has 1 aliphatic heterocycles. The summed E-state index contributed by atoms with van der Waals surface area (Å²) >= 11 is 0. The van der Waals surface area contributed by atoms with Crippen LogP contribution in [0.4, 0.5) is 10.5 Å². The van der Waals surface area contributed by atoms with Crippen LogP contribution in [0.25, 0.3) is 0 Å². The molecule has 1 atom stereocenters. The van der Waals surface area contributed by atoms with Crippen LogP contribution in [-0.4, -0.2) is 35.3 Å². The van der Waals surface area contributed by atoms with E-state index in [9.17, 15) is 9.90 Å². The maximum absolute atomic E-state index is 11.9. The first-order chi connectivity index (χ1) is 11.7. The molecule has 0 saturated carbocycles. The molecule has 1 aliphatic rings. The third-order valence-corrected chi connectivity index (χ3v) is 4.04. The third-order valence-electron chi connectivity index (χ3n) is 4.04. The van der Waals surface area contributed by atoms with Gasteiger partial charge in [-0.3, -0.25) is 10.2 Å². The molecule has 0 radical (unpaired) electrons. The van der Waals surface area contributed by atoms with Crippen molar-refractivity contribution in [3.8, 4) is 0 Å². The van der Waals surface area contributed by atoms with Crippen LogP contribution in [0.5, 0.6) is 0 Å². The summed E-state index contributed by atoms with van der Waals surface area (Å²) in [4.78, 5) is 14.1. The van der Waals surface area contributed by atoms with Crippen molar-refractivity contribution in [2.45, 2.75) is 25.7 Å². The summed E-state index contributed by atoms with van der Waals surface area (Å²) in [6.07, 6.45) is 0.135. The molecule has 2 N–H and O–H groups in total. The number of aliphatic hydroxyl groups is 1. The number of β-amino-alcohol motifs (C(OH)–C–C–N with tert-alkyl or cyclic N) is 1. The second-order valence-electron chi connectivity index (χ2n) is 6.06. The van der Waals surface area contributed by atoms with E-state index in [1.165, 1.54) is 0 Å². The van der Waals surface area contributed by atoms with Crippen molar-refractivity contribution in [1.29, 1.82) is 0 Å². The van der Waals surface area contributed by atoms with Crippen LogP contribution >= 0.6 is 0 Å². The molecule has 2 aromatic rings. The Hall–Kier alpha value is -2.37. The van der Waals surface area contributed by atoms with Gasteiger partial charge in [0.15, 0.2) is 0 Å². The Morgan fingerprint density at radius 3 is 2.71 bits per heavy atom. The largest absolute Gasteiger partial charge is 0.444 e. The molecule has 5 nitrogen and oxygen atoms in total. The number of likely N-dealkylation sites (tertiary alicyclic amines) is 1. The van der Waals surface area contributed by atoms with Crippen molar-refractivity contribution < 1.29 is 14.6 Å². The number of nitrogens with zero attached hydrogens (tertiary/aromatic N) is 1. The number of ether oxygens (including phenoxy) is 1. The average Bonchev–Trinajstić information content (AvgIpc) is 2.99. The Balaban J connectivity index is 1.51. The fourth-order valence-corrected chi connectivity index (χ4v) is 2.84. The van der Waals surface area contributed by atoms with Crippen LogP contribution in [0.2, 0.25) is 0 Å². The van der Waals surface area contributed by atoms with Crippen molar-refractivity contribution in [3.63, 3.8) is 0 Å². The number of rotatable bonds is 5. The van der Waals surface area contributed by atoms with E-state index in [0.29, 0.717) is 12.2 Å². The Labute approximate surface area is 141 Å².